The van der Waals surface area contributed by atoms with Crippen molar-refractivity contribution >= 4 is 10.8 Å². The molecule has 0 N–H and O–H groups in total. The van der Waals surface area contributed by atoms with Crippen molar-refractivity contribution in [2.24, 2.45) is 11.8 Å². The average Bonchev–Trinajstić information content (AvgIpc) is 2.74. The maximum atomic E-state index is 2.35. The van der Waals surface area contributed by atoms with E-state index in [2.05, 4.69) is 64.1 Å². The highest BCUT2D eigenvalue weighted by Crippen LogP contribution is 2.29. The number of fused-ring (bicyclic) bond motifs is 1. The van der Waals surface area contributed by atoms with Crippen molar-refractivity contribution in [3.63, 3.8) is 0 Å². The van der Waals surface area contributed by atoms with E-state index in [1.165, 1.54) is 41.2 Å². The van der Waals surface area contributed by atoms with Crippen molar-refractivity contribution in [3.05, 3.63) is 47.5 Å². The summed E-state index contributed by atoms with van der Waals surface area (Å²) in [5.41, 5.74) is 2.73. The molecule has 1 saturated carbocycles. The average molecular weight is 254 g/mol. The second kappa shape index (κ2) is 6.23. The van der Waals surface area contributed by atoms with Crippen LogP contribution in [0.3, 0.4) is 0 Å². The van der Waals surface area contributed by atoms with Gasteiger partial charge in [-0.3, -0.25) is 0 Å². The SMILES string of the molecule is CC1CCC(C)C1.Cc1cccc2cccc(C)c12. The van der Waals surface area contributed by atoms with Gasteiger partial charge in [-0.25, -0.2) is 0 Å². The van der Waals surface area contributed by atoms with Gasteiger partial charge in [-0.1, -0.05) is 63.1 Å². The Morgan fingerprint density at radius 1 is 0.789 bits per heavy atom. The van der Waals surface area contributed by atoms with E-state index in [1.807, 2.05) is 0 Å². The highest BCUT2D eigenvalue weighted by Gasteiger charge is 2.15. The Morgan fingerprint density at radius 3 is 1.58 bits per heavy atom. The molecule has 0 aliphatic heterocycles. The molecule has 3 rings (SSSR count). The van der Waals surface area contributed by atoms with Crippen molar-refractivity contribution in [3.8, 4) is 0 Å². The minimum Gasteiger partial charge on any atom is -0.0625 e. The molecule has 0 radical (unpaired) electrons. The lowest BCUT2D eigenvalue weighted by Crippen LogP contribution is -1.84. The van der Waals surface area contributed by atoms with E-state index < -0.39 is 0 Å². The second-order valence-electron chi connectivity index (χ2n) is 6.27. The lowest BCUT2D eigenvalue weighted by Gasteiger charge is -2.04. The van der Waals surface area contributed by atoms with Crippen LogP contribution in [0.1, 0.15) is 44.2 Å². The predicted molar refractivity (Wildman–Crippen MR) is 85.6 cm³/mol. The first-order chi connectivity index (χ1) is 9.08. The van der Waals surface area contributed by atoms with Crippen LogP contribution in [-0.4, -0.2) is 0 Å². The van der Waals surface area contributed by atoms with Crippen LogP contribution in [0.5, 0.6) is 0 Å². The van der Waals surface area contributed by atoms with Crippen LogP contribution >= 0.6 is 0 Å². The van der Waals surface area contributed by atoms with Gasteiger partial charge in [-0.05, 0) is 54.0 Å². The van der Waals surface area contributed by atoms with Gasteiger partial charge in [0.25, 0.3) is 0 Å². The summed E-state index contributed by atoms with van der Waals surface area (Å²) >= 11 is 0. The first-order valence-corrected chi connectivity index (χ1v) is 7.53. The standard InChI is InChI=1S/C12H12.C7H14/c1-9-5-3-7-11-8-4-6-10(2)12(9)11;1-6-3-4-7(2)5-6/h3-8H,1-2H3;6-7H,3-5H2,1-2H3. The molecule has 0 amide bonds. The zero-order valence-electron chi connectivity index (χ0n) is 12.7. The van der Waals surface area contributed by atoms with Gasteiger partial charge in [0, 0.05) is 0 Å². The third kappa shape index (κ3) is 3.59. The highest BCUT2D eigenvalue weighted by atomic mass is 14.2. The largest absolute Gasteiger partial charge is 0.0625 e. The fourth-order valence-corrected chi connectivity index (χ4v) is 3.24. The Bertz CT molecular complexity index is 494. The van der Waals surface area contributed by atoms with E-state index in [4.69, 9.17) is 0 Å². The maximum absolute atomic E-state index is 2.35. The molecule has 0 bridgehead atoms. The van der Waals surface area contributed by atoms with Crippen molar-refractivity contribution < 1.29 is 0 Å². The molecular formula is C19H26. The molecule has 1 fully saturated rings. The number of benzene rings is 2. The Morgan fingerprint density at radius 2 is 1.26 bits per heavy atom. The number of hydrogen-bond donors (Lipinski definition) is 0. The Labute approximate surface area is 117 Å². The summed E-state index contributed by atoms with van der Waals surface area (Å²) < 4.78 is 0. The van der Waals surface area contributed by atoms with E-state index in [1.54, 1.807) is 0 Å². The third-order valence-corrected chi connectivity index (χ3v) is 4.28. The van der Waals surface area contributed by atoms with Gasteiger partial charge in [0.05, 0.1) is 0 Å². The third-order valence-electron chi connectivity index (χ3n) is 4.28. The molecule has 1 aliphatic carbocycles. The van der Waals surface area contributed by atoms with E-state index in [0.717, 1.165) is 11.8 Å². The van der Waals surface area contributed by atoms with E-state index in [0.29, 0.717) is 0 Å². The van der Waals surface area contributed by atoms with Crippen LogP contribution in [-0.2, 0) is 0 Å². The minimum atomic E-state index is 1.02. The molecule has 2 unspecified atom stereocenters. The molecule has 0 spiro atoms. The molecule has 0 aromatic heterocycles. The number of aryl methyl sites for hydroxylation is 2. The molecule has 19 heavy (non-hydrogen) atoms. The molecule has 0 heterocycles. The van der Waals surface area contributed by atoms with Crippen LogP contribution in [0.4, 0.5) is 0 Å². The zero-order chi connectivity index (χ0) is 13.8. The van der Waals surface area contributed by atoms with E-state index in [-0.39, 0.29) is 0 Å². The summed E-state index contributed by atoms with van der Waals surface area (Å²) in [5, 5.41) is 2.75. The van der Waals surface area contributed by atoms with Crippen LogP contribution in [0.25, 0.3) is 10.8 Å². The smallest absolute Gasteiger partial charge is 0.0125 e. The molecule has 0 nitrogen and oxygen atoms in total. The Kier molecular flexibility index (Phi) is 4.63. The number of hydrogen-bond acceptors (Lipinski definition) is 0. The molecule has 2 aromatic rings. The summed E-state index contributed by atoms with van der Waals surface area (Å²) in [4.78, 5) is 0. The molecule has 0 saturated heterocycles. The second-order valence-corrected chi connectivity index (χ2v) is 6.27. The summed E-state index contributed by atoms with van der Waals surface area (Å²) in [6.07, 6.45) is 4.42. The van der Waals surface area contributed by atoms with Gasteiger partial charge < -0.3 is 0 Å². The first-order valence-electron chi connectivity index (χ1n) is 7.53. The minimum absolute atomic E-state index is 1.02. The molecule has 0 heteroatoms. The summed E-state index contributed by atoms with van der Waals surface area (Å²) in [7, 11) is 0. The van der Waals surface area contributed by atoms with Crippen molar-refractivity contribution in [1.29, 1.82) is 0 Å². The van der Waals surface area contributed by atoms with Gasteiger partial charge in [0.15, 0.2) is 0 Å². The van der Waals surface area contributed by atoms with Crippen LogP contribution in [0.15, 0.2) is 36.4 Å². The van der Waals surface area contributed by atoms with Crippen LogP contribution in [0.2, 0.25) is 0 Å². The zero-order valence-corrected chi connectivity index (χ0v) is 12.7. The van der Waals surface area contributed by atoms with Crippen molar-refractivity contribution in [2.45, 2.75) is 47.0 Å². The summed E-state index contributed by atoms with van der Waals surface area (Å²) in [6.45, 7) is 9.03. The van der Waals surface area contributed by atoms with E-state index >= 15 is 0 Å². The van der Waals surface area contributed by atoms with Gasteiger partial charge in [-0.2, -0.15) is 0 Å². The Hall–Kier alpha value is -1.30. The fourth-order valence-electron chi connectivity index (χ4n) is 3.24. The maximum Gasteiger partial charge on any atom is -0.0125 e. The van der Waals surface area contributed by atoms with E-state index in [9.17, 15) is 0 Å². The summed E-state index contributed by atoms with van der Waals surface area (Å²) in [6, 6.07) is 12.9. The molecule has 102 valence electrons. The molecule has 1 aliphatic rings. The van der Waals surface area contributed by atoms with Crippen molar-refractivity contribution in [1.82, 2.24) is 0 Å². The van der Waals surface area contributed by atoms with Crippen molar-refractivity contribution in [2.75, 3.05) is 0 Å². The molecule has 2 atom stereocenters. The van der Waals surface area contributed by atoms with Gasteiger partial charge in [0.2, 0.25) is 0 Å². The molecular weight excluding hydrogens is 228 g/mol. The first kappa shape index (κ1) is 14.1. The topological polar surface area (TPSA) is 0 Å². The lowest BCUT2D eigenvalue weighted by molar-refractivity contribution is 0.555. The normalized spacial score (nSPS) is 22.1. The van der Waals surface area contributed by atoms with Crippen LogP contribution < -0.4 is 0 Å². The monoisotopic (exact) mass is 254 g/mol. The van der Waals surface area contributed by atoms with Crippen LogP contribution in [0, 0.1) is 25.7 Å². The fraction of sp³-hybridized carbons (Fsp3) is 0.474. The Balaban J connectivity index is 0.000000163. The van der Waals surface area contributed by atoms with Gasteiger partial charge in [0.1, 0.15) is 0 Å². The predicted octanol–water partition coefficient (Wildman–Crippen LogP) is 5.90. The molecule has 2 aromatic carbocycles. The quantitative estimate of drug-likeness (QED) is 0.549. The summed E-state index contributed by atoms with van der Waals surface area (Å²) in [5.74, 6) is 2.05. The highest BCUT2D eigenvalue weighted by molar-refractivity contribution is 5.88. The van der Waals surface area contributed by atoms with Gasteiger partial charge in [-0.15, -0.1) is 0 Å². The van der Waals surface area contributed by atoms with Gasteiger partial charge >= 0.3 is 0 Å². The lowest BCUT2D eigenvalue weighted by atomic mass is 10.0. The number of rotatable bonds is 0.